The predicted molar refractivity (Wildman–Crippen MR) is 207 cm³/mol. The van der Waals surface area contributed by atoms with Gasteiger partial charge in [0, 0.05) is 46.3 Å². The lowest BCUT2D eigenvalue weighted by Crippen LogP contribution is -2.15. The monoisotopic (exact) mass is 637 g/mol. The average molecular weight is 638 g/mol. The lowest BCUT2D eigenvalue weighted by atomic mass is 9.93. The van der Waals surface area contributed by atoms with E-state index < -0.39 is 0 Å². The van der Waals surface area contributed by atoms with Gasteiger partial charge in [-0.25, -0.2) is 9.97 Å². The van der Waals surface area contributed by atoms with E-state index in [9.17, 15) is 0 Å². The predicted octanol–water partition coefficient (Wildman–Crippen LogP) is 11.1. The highest BCUT2D eigenvalue weighted by Crippen LogP contribution is 2.42. The van der Waals surface area contributed by atoms with Crippen molar-refractivity contribution < 1.29 is 0 Å². The lowest BCUT2D eigenvalue weighted by molar-refractivity contribution is 0.700. The molecule has 2 aliphatic rings. The zero-order valence-electron chi connectivity index (χ0n) is 30.4. The first kappa shape index (κ1) is 33.3. The molecule has 5 nitrogen and oxygen atoms in total. The molecule has 0 radical (unpaired) electrons. The molecule has 0 aliphatic carbocycles. The van der Waals surface area contributed by atoms with E-state index in [0.29, 0.717) is 0 Å². The number of nitrogens with zero attached hydrogens (tertiary/aromatic N) is 2. The largest absolute Gasteiger partial charge is 0.389 e. The van der Waals surface area contributed by atoms with Crippen LogP contribution in [0.25, 0.3) is 55.5 Å². The van der Waals surface area contributed by atoms with Crippen LogP contribution in [0.4, 0.5) is 0 Å². The third-order valence-corrected chi connectivity index (χ3v) is 10.6. The fraction of sp³-hybridized carbons (Fsp3) is 0.349. The molecule has 0 saturated carbocycles. The number of H-pyrrole nitrogens is 2. The summed E-state index contributed by atoms with van der Waals surface area (Å²) in [5, 5.41) is 3.49. The van der Waals surface area contributed by atoms with Gasteiger partial charge >= 0.3 is 0 Å². The number of aryl methyl sites for hydroxylation is 4. The van der Waals surface area contributed by atoms with Crippen molar-refractivity contribution in [1.29, 1.82) is 0 Å². The van der Waals surface area contributed by atoms with Crippen molar-refractivity contribution >= 4 is 44.4 Å². The Morgan fingerprint density at radius 1 is 0.667 bits per heavy atom. The standard InChI is InChI=1S/C43H51N5/c1-11-14-19-44-24(4)20-31-15-17-32(18-16-31)41-42-27(7)25(5)35(47-42)21-37-29(9)33(12-2)39(45-37)23-40-34(13-3)30(10)38(46-40)22-36-26(6)28(8)43(41)48-36/h15-18,21-23,44-46H,4,11-14,19-20H2,1-3,5-10H3. The quantitative estimate of drug-likeness (QED) is 0.160. The van der Waals surface area contributed by atoms with Crippen molar-refractivity contribution in [2.45, 2.75) is 94.4 Å². The Morgan fingerprint density at radius 2 is 1.17 bits per heavy atom. The average Bonchev–Trinajstić information content (AvgIpc) is 3.72. The van der Waals surface area contributed by atoms with E-state index in [4.69, 9.17) is 9.97 Å². The highest BCUT2D eigenvalue weighted by Gasteiger charge is 2.24. The van der Waals surface area contributed by atoms with E-state index in [1.54, 1.807) is 0 Å². The summed E-state index contributed by atoms with van der Waals surface area (Å²) in [7, 11) is 0. The Kier molecular flexibility index (Phi) is 9.33. The van der Waals surface area contributed by atoms with E-state index >= 15 is 0 Å². The molecule has 0 spiro atoms. The summed E-state index contributed by atoms with van der Waals surface area (Å²) in [5.74, 6) is 0. The van der Waals surface area contributed by atoms with E-state index in [1.807, 2.05) is 0 Å². The molecule has 0 unspecified atom stereocenters. The zero-order valence-corrected chi connectivity index (χ0v) is 30.4. The van der Waals surface area contributed by atoms with Crippen molar-refractivity contribution in [2.75, 3.05) is 6.54 Å². The van der Waals surface area contributed by atoms with Crippen molar-refractivity contribution in [2.24, 2.45) is 0 Å². The summed E-state index contributed by atoms with van der Waals surface area (Å²) in [6, 6.07) is 15.7. The van der Waals surface area contributed by atoms with Gasteiger partial charge in [0.05, 0.1) is 22.8 Å². The Morgan fingerprint density at radius 3 is 1.62 bits per heavy atom. The van der Waals surface area contributed by atoms with Gasteiger partial charge in [0.15, 0.2) is 0 Å². The topological polar surface area (TPSA) is 69.4 Å². The second-order valence-electron chi connectivity index (χ2n) is 13.6. The fourth-order valence-electron chi connectivity index (χ4n) is 7.23. The van der Waals surface area contributed by atoms with Crippen LogP contribution in [-0.4, -0.2) is 26.5 Å². The molecular formula is C43H51N5. The molecule has 0 saturated heterocycles. The summed E-state index contributed by atoms with van der Waals surface area (Å²) in [5.41, 5.74) is 23.0. The van der Waals surface area contributed by atoms with Crippen molar-refractivity contribution in [3.63, 3.8) is 0 Å². The summed E-state index contributed by atoms with van der Waals surface area (Å²) in [6.07, 6.45) is 5.04. The molecule has 8 bridgehead atoms. The van der Waals surface area contributed by atoms with Crippen LogP contribution in [0.2, 0.25) is 0 Å². The van der Waals surface area contributed by atoms with Crippen LogP contribution in [0, 0.1) is 13.8 Å². The molecule has 3 N–H and O–H groups in total. The number of aromatic amines is 2. The van der Waals surface area contributed by atoms with Crippen LogP contribution in [0.1, 0.15) is 112 Å². The van der Waals surface area contributed by atoms with Gasteiger partial charge in [0.1, 0.15) is 0 Å². The summed E-state index contributed by atoms with van der Waals surface area (Å²) in [4.78, 5) is 18.4. The Balaban J connectivity index is 1.67. The van der Waals surface area contributed by atoms with Crippen LogP contribution in [-0.2, 0) is 19.3 Å². The second-order valence-corrected chi connectivity index (χ2v) is 13.6. The minimum Gasteiger partial charge on any atom is -0.389 e. The zero-order chi connectivity index (χ0) is 34.3. The van der Waals surface area contributed by atoms with Crippen molar-refractivity contribution in [3.05, 3.63) is 105 Å². The minimum absolute atomic E-state index is 0.808. The highest BCUT2D eigenvalue weighted by molar-refractivity contribution is 6.01. The van der Waals surface area contributed by atoms with Crippen molar-refractivity contribution in [1.82, 2.24) is 25.3 Å². The van der Waals surface area contributed by atoms with Crippen LogP contribution >= 0.6 is 0 Å². The van der Waals surface area contributed by atoms with Crippen LogP contribution in [0.3, 0.4) is 0 Å². The Labute approximate surface area is 286 Å². The number of aromatic nitrogens is 4. The molecule has 5 heteroatoms. The van der Waals surface area contributed by atoms with Gasteiger partial charge in [-0.15, -0.1) is 0 Å². The molecule has 1 aromatic carbocycles. The first-order chi connectivity index (χ1) is 23.1. The number of unbranched alkanes of at least 4 members (excludes halogenated alkanes) is 1. The number of allylic oxidation sites excluding steroid dienone is 5. The third-order valence-electron chi connectivity index (χ3n) is 10.6. The molecule has 4 aromatic rings. The fourth-order valence-corrected chi connectivity index (χ4v) is 7.23. The van der Waals surface area contributed by atoms with Crippen molar-refractivity contribution in [3.8, 4) is 11.1 Å². The van der Waals surface area contributed by atoms with Crippen LogP contribution in [0.15, 0.2) is 54.7 Å². The van der Waals surface area contributed by atoms with E-state index in [2.05, 4.69) is 127 Å². The van der Waals surface area contributed by atoms with Gasteiger partial charge in [-0.2, -0.15) is 0 Å². The molecule has 6 rings (SSSR count). The molecule has 48 heavy (non-hydrogen) atoms. The molecule has 0 amide bonds. The van der Waals surface area contributed by atoms with Gasteiger partial charge in [0.2, 0.25) is 0 Å². The van der Waals surface area contributed by atoms with Crippen LogP contribution in [0.5, 0.6) is 0 Å². The third kappa shape index (κ3) is 5.96. The maximum atomic E-state index is 5.39. The van der Waals surface area contributed by atoms with Gasteiger partial charge in [-0.3, -0.25) is 0 Å². The Hall–Kier alpha value is -4.64. The summed E-state index contributed by atoms with van der Waals surface area (Å²) in [6.45, 7) is 25.2. The number of hydrogen-bond donors (Lipinski definition) is 3. The first-order valence-electron chi connectivity index (χ1n) is 17.7. The SMILES string of the molecule is C=C(Cc1ccc(-c2c3nc(cc4[nH]c(cc5[nH]c(cc6nc2C(C)=C6C)c(C)c5CC)c(CC)c4C)C(C)=C3C)cc1)NCCCC. The minimum atomic E-state index is 0.808. The van der Waals surface area contributed by atoms with E-state index in [-0.39, 0.29) is 0 Å². The van der Waals surface area contributed by atoms with Gasteiger partial charge in [-0.1, -0.05) is 58.0 Å². The van der Waals surface area contributed by atoms with Gasteiger partial charge < -0.3 is 15.3 Å². The molecule has 5 heterocycles. The number of fused-ring (bicyclic) bond motifs is 8. The first-order valence-corrected chi connectivity index (χ1v) is 17.7. The smallest absolute Gasteiger partial charge is 0.0769 e. The summed E-state index contributed by atoms with van der Waals surface area (Å²) >= 11 is 0. The molecule has 3 aromatic heterocycles. The molecule has 248 valence electrons. The number of nitrogens with one attached hydrogen (secondary N) is 3. The van der Waals surface area contributed by atoms with E-state index in [0.717, 1.165) is 93.9 Å². The maximum Gasteiger partial charge on any atom is 0.0769 e. The molecule has 0 fully saturated rings. The number of hydrogen-bond acceptors (Lipinski definition) is 3. The Bertz CT molecular complexity index is 2030. The van der Waals surface area contributed by atoms with Crippen LogP contribution < -0.4 is 5.32 Å². The van der Waals surface area contributed by atoms with Gasteiger partial charge in [0.25, 0.3) is 0 Å². The maximum absolute atomic E-state index is 5.39. The molecule has 0 atom stereocenters. The summed E-state index contributed by atoms with van der Waals surface area (Å²) < 4.78 is 0. The molecular weight excluding hydrogens is 587 g/mol. The number of benzene rings is 1. The van der Waals surface area contributed by atoms with E-state index in [1.165, 1.54) is 56.5 Å². The second kappa shape index (κ2) is 13.5. The molecule has 2 aliphatic heterocycles. The normalized spacial score (nSPS) is 13.1. The number of rotatable bonds is 9. The highest BCUT2D eigenvalue weighted by atomic mass is 14.9. The van der Waals surface area contributed by atoms with Gasteiger partial charge in [-0.05, 0) is 135 Å². The lowest BCUT2D eigenvalue weighted by Gasteiger charge is -2.12.